The van der Waals surface area contributed by atoms with Crippen LogP contribution in [0.5, 0.6) is 5.75 Å². The smallest absolute Gasteiger partial charge is 0.253 e. The molecule has 0 unspecified atom stereocenters. The number of carbonyl (C=O) groups excluding carboxylic acids is 2. The van der Waals surface area contributed by atoms with Gasteiger partial charge in [0.15, 0.2) is 5.78 Å². The fourth-order valence-electron chi connectivity index (χ4n) is 4.83. The van der Waals surface area contributed by atoms with Crippen molar-refractivity contribution in [1.82, 2.24) is 14.4 Å². The summed E-state index contributed by atoms with van der Waals surface area (Å²) in [6, 6.07) is 8.65. The number of fused-ring (bicyclic) bond motifs is 2. The van der Waals surface area contributed by atoms with Crippen molar-refractivity contribution < 1.29 is 14.7 Å². The first-order chi connectivity index (χ1) is 14.2. The largest absolute Gasteiger partial charge is 0.506 e. The predicted molar refractivity (Wildman–Crippen MR) is 116 cm³/mol. The molecule has 7 heteroatoms. The number of aromatic nitrogens is 1. The monoisotopic (exact) mass is 429 g/mol. The topological polar surface area (TPSA) is 65.8 Å². The predicted octanol–water partition coefficient (Wildman–Crippen LogP) is 3.76. The number of likely N-dealkylation sites (tertiary alicyclic amines) is 1. The van der Waals surface area contributed by atoms with Crippen LogP contribution in [0, 0.1) is 5.92 Å². The maximum atomic E-state index is 13.0. The first-order valence-corrected chi connectivity index (χ1v) is 10.9. The van der Waals surface area contributed by atoms with E-state index in [0.29, 0.717) is 18.7 Å². The van der Waals surface area contributed by atoms with E-state index in [1.807, 2.05) is 24.8 Å². The molecule has 0 atom stereocenters. The van der Waals surface area contributed by atoms with Crippen molar-refractivity contribution in [2.45, 2.75) is 38.8 Å². The zero-order valence-corrected chi connectivity index (χ0v) is 18.4. The molecule has 2 aliphatic heterocycles. The van der Waals surface area contributed by atoms with Gasteiger partial charge in [0.25, 0.3) is 5.91 Å². The lowest BCUT2D eigenvalue weighted by molar-refractivity contribution is 0.0127. The molecule has 1 aromatic heterocycles. The Labute approximate surface area is 182 Å². The Kier molecular flexibility index (Phi) is 5.41. The van der Waals surface area contributed by atoms with Crippen molar-refractivity contribution in [2.75, 3.05) is 26.7 Å². The van der Waals surface area contributed by atoms with Crippen molar-refractivity contribution in [3.05, 3.63) is 52.3 Å². The van der Waals surface area contributed by atoms with Crippen LogP contribution in [0.3, 0.4) is 0 Å². The number of nitrogens with zero attached hydrogens (tertiary/aromatic N) is 3. The van der Waals surface area contributed by atoms with Crippen LogP contribution in [0.25, 0.3) is 0 Å². The van der Waals surface area contributed by atoms with E-state index in [1.165, 1.54) is 17.8 Å². The molecule has 2 aromatic rings. The van der Waals surface area contributed by atoms with E-state index in [1.54, 1.807) is 6.07 Å². The second-order valence-corrected chi connectivity index (χ2v) is 9.09. The van der Waals surface area contributed by atoms with Gasteiger partial charge in [0.1, 0.15) is 5.75 Å². The molecule has 1 amide bonds. The van der Waals surface area contributed by atoms with E-state index in [2.05, 4.69) is 22.6 Å². The fourth-order valence-corrected chi connectivity index (χ4v) is 5.01. The molecular weight excluding hydrogens is 402 g/mol. The Bertz CT molecular complexity index is 990. The van der Waals surface area contributed by atoms with Gasteiger partial charge in [-0.1, -0.05) is 25.4 Å². The number of phenols is 1. The van der Waals surface area contributed by atoms with Gasteiger partial charge in [0.05, 0.1) is 16.3 Å². The summed E-state index contributed by atoms with van der Waals surface area (Å²) in [6.45, 7) is 6.81. The summed E-state index contributed by atoms with van der Waals surface area (Å²) in [5.41, 5.74) is 2.29. The summed E-state index contributed by atoms with van der Waals surface area (Å²) in [5.74, 6) is 0.0485. The summed E-state index contributed by atoms with van der Waals surface area (Å²) in [5, 5.41) is 9.79. The van der Waals surface area contributed by atoms with Gasteiger partial charge < -0.3 is 14.6 Å². The summed E-state index contributed by atoms with van der Waals surface area (Å²) in [6.07, 6.45) is 1.61. The molecule has 0 aliphatic carbocycles. The van der Waals surface area contributed by atoms with Crippen molar-refractivity contribution in [3.63, 3.8) is 0 Å². The molecule has 2 aliphatic rings. The highest BCUT2D eigenvalue weighted by molar-refractivity contribution is 6.32. The van der Waals surface area contributed by atoms with E-state index in [0.717, 1.165) is 31.6 Å². The van der Waals surface area contributed by atoms with E-state index < -0.39 is 0 Å². The van der Waals surface area contributed by atoms with Crippen LogP contribution in [-0.4, -0.2) is 57.8 Å². The third-order valence-corrected chi connectivity index (χ3v) is 7.00. The third-order valence-electron chi connectivity index (χ3n) is 6.70. The molecule has 1 spiro atoms. The highest BCUT2D eigenvalue weighted by Gasteiger charge is 2.45. The first-order valence-electron chi connectivity index (χ1n) is 10.5. The van der Waals surface area contributed by atoms with Crippen LogP contribution in [0.15, 0.2) is 30.3 Å². The number of carbonyl (C=O) groups is 2. The van der Waals surface area contributed by atoms with Crippen molar-refractivity contribution in [1.29, 1.82) is 0 Å². The Morgan fingerprint density at radius 1 is 1.07 bits per heavy atom. The molecule has 1 saturated heterocycles. The number of Topliss-reactive ketones (excluding diaryl/α,β-unsaturated/α-hetero) is 1. The van der Waals surface area contributed by atoms with Crippen LogP contribution < -0.4 is 0 Å². The van der Waals surface area contributed by atoms with Crippen LogP contribution in [0.4, 0.5) is 0 Å². The number of amides is 1. The summed E-state index contributed by atoms with van der Waals surface area (Å²) >= 11 is 5.98. The number of likely N-dealkylation sites (N-methyl/N-ethyl adjacent to an activating group) is 1. The average Bonchev–Trinajstić information content (AvgIpc) is 3.17. The molecule has 1 fully saturated rings. The second kappa shape index (κ2) is 7.75. The SMILES string of the molecule is CC(C)C(=O)c1ccc2n1CCN(C)C21CCN(C(=O)c2ccc(O)c(Cl)c2)CC1. The molecule has 1 aromatic carbocycles. The number of halogens is 1. The lowest BCUT2D eigenvalue weighted by atomic mass is 9.81. The van der Waals surface area contributed by atoms with Crippen molar-refractivity contribution in [2.24, 2.45) is 5.92 Å². The molecule has 0 bridgehead atoms. The minimum absolute atomic E-state index is 0.0258. The normalized spacial score (nSPS) is 18.6. The lowest BCUT2D eigenvalue weighted by Crippen LogP contribution is -2.56. The summed E-state index contributed by atoms with van der Waals surface area (Å²) < 4.78 is 2.19. The highest BCUT2D eigenvalue weighted by Crippen LogP contribution is 2.42. The molecule has 4 rings (SSSR count). The summed E-state index contributed by atoms with van der Waals surface area (Å²) in [4.78, 5) is 29.8. The number of phenolic OH excluding ortho intramolecular Hbond substituents is 1. The van der Waals surface area contributed by atoms with E-state index in [-0.39, 0.29) is 33.9 Å². The molecule has 160 valence electrons. The van der Waals surface area contributed by atoms with Gasteiger partial charge in [0.2, 0.25) is 0 Å². The Balaban J connectivity index is 1.57. The van der Waals surface area contributed by atoms with Gasteiger partial charge >= 0.3 is 0 Å². The van der Waals surface area contributed by atoms with Crippen molar-refractivity contribution in [3.8, 4) is 5.75 Å². The minimum atomic E-state index is -0.170. The molecule has 0 saturated carbocycles. The zero-order valence-electron chi connectivity index (χ0n) is 17.7. The van der Waals surface area contributed by atoms with Crippen LogP contribution in [0.1, 0.15) is 53.2 Å². The van der Waals surface area contributed by atoms with Gasteiger partial charge in [-0.15, -0.1) is 0 Å². The first kappa shape index (κ1) is 20.9. The minimum Gasteiger partial charge on any atom is -0.506 e. The molecule has 1 N–H and O–H groups in total. The number of rotatable bonds is 3. The third kappa shape index (κ3) is 3.32. The van der Waals surface area contributed by atoms with Crippen LogP contribution >= 0.6 is 11.6 Å². The number of hydrogen-bond acceptors (Lipinski definition) is 4. The highest BCUT2D eigenvalue weighted by atomic mass is 35.5. The Morgan fingerprint density at radius 3 is 2.40 bits per heavy atom. The molecular formula is C23H28ClN3O3. The van der Waals surface area contributed by atoms with Crippen LogP contribution in [-0.2, 0) is 12.1 Å². The number of ketones is 1. The van der Waals surface area contributed by atoms with Gasteiger partial charge in [-0.05, 0) is 50.2 Å². The molecule has 6 nitrogen and oxygen atoms in total. The van der Waals surface area contributed by atoms with Crippen LogP contribution in [0.2, 0.25) is 5.02 Å². The number of piperidine rings is 1. The zero-order chi connectivity index (χ0) is 21.6. The Hall–Kier alpha value is -2.31. The lowest BCUT2D eigenvalue weighted by Gasteiger charge is -2.50. The number of benzene rings is 1. The molecule has 3 heterocycles. The Morgan fingerprint density at radius 2 is 1.77 bits per heavy atom. The van der Waals surface area contributed by atoms with Gasteiger partial charge in [-0.25, -0.2) is 0 Å². The van der Waals surface area contributed by atoms with Gasteiger partial charge in [0, 0.05) is 43.4 Å². The van der Waals surface area contributed by atoms with E-state index >= 15 is 0 Å². The second-order valence-electron chi connectivity index (χ2n) is 8.69. The molecule has 0 radical (unpaired) electrons. The van der Waals surface area contributed by atoms with Gasteiger partial charge in [-0.2, -0.15) is 0 Å². The number of hydrogen-bond donors (Lipinski definition) is 1. The maximum Gasteiger partial charge on any atom is 0.253 e. The summed E-state index contributed by atoms with van der Waals surface area (Å²) in [7, 11) is 2.14. The molecule has 30 heavy (non-hydrogen) atoms. The van der Waals surface area contributed by atoms with E-state index in [4.69, 9.17) is 11.6 Å². The standard InChI is InChI=1S/C23H28ClN3O3/c1-15(2)21(29)18-5-7-20-23(25(3)12-13-27(18)20)8-10-26(11-9-23)22(30)16-4-6-19(28)17(24)14-16/h4-7,14-15,28H,8-13H2,1-3H3. The number of aromatic hydroxyl groups is 1. The average molecular weight is 430 g/mol. The van der Waals surface area contributed by atoms with E-state index in [9.17, 15) is 14.7 Å². The van der Waals surface area contributed by atoms with Gasteiger partial charge in [-0.3, -0.25) is 14.5 Å². The quantitative estimate of drug-likeness (QED) is 0.754. The van der Waals surface area contributed by atoms with Crippen molar-refractivity contribution >= 4 is 23.3 Å². The fraction of sp³-hybridized carbons (Fsp3) is 0.478. The maximum absolute atomic E-state index is 13.0.